The second-order valence-corrected chi connectivity index (χ2v) is 5.62. The number of aromatic nitrogens is 4. The number of aryl methyl sites for hydroxylation is 1. The zero-order valence-corrected chi connectivity index (χ0v) is 12.7. The van der Waals surface area contributed by atoms with Crippen LogP contribution in [-0.2, 0) is 5.75 Å². The van der Waals surface area contributed by atoms with Gasteiger partial charge in [0.05, 0.1) is 22.0 Å². The van der Waals surface area contributed by atoms with E-state index in [4.69, 9.17) is 16.0 Å². The van der Waals surface area contributed by atoms with E-state index in [-0.39, 0.29) is 0 Å². The fourth-order valence-electron chi connectivity index (χ4n) is 1.64. The van der Waals surface area contributed by atoms with Crippen LogP contribution >= 0.6 is 23.4 Å². The van der Waals surface area contributed by atoms with Gasteiger partial charge in [-0.05, 0) is 19.1 Å². The van der Waals surface area contributed by atoms with E-state index < -0.39 is 0 Å². The summed E-state index contributed by atoms with van der Waals surface area (Å²) in [5.41, 5.74) is 2.49. The average molecular weight is 319 g/mol. The second kappa shape index (κ2) is 6.24. The highest BCUT2D eigenvalue weighted by molar-refractivity contribution is 7.98. The second-order valence-electron chi connectivity index (χ2n) is 4.29. The number of thioether (sulfide) groups is 1. The predicted octanol–water partition coefficient (Wildman–Crippen LogP) is 3.78. The number of benzene rings is 1. The monoisotopic (exact) mass is 318 g/mol. The van der Waals surface area contributed by atoms with E-state index in [0.29, 0.717) is 21.9 Å². The van der Waals surface area contributed by atoms with Crippen LogP contribution in [0.5, 0.6) is 0 Å². The van der Waals surface area contributed by atoms with Crippen LogP contribution in [0.25, 0.3) is 11.5 Å². The lowest BCUT2D eigenvalue weighted by molar-refractivity contribution is 0.466. The Morgan fingerprint density at radius 2 is 2.00 bits per heavy atom. The lowest BCUT2D eigenvalue weighted by Gasteiger charge is -1.98. The molecule has 1 aromatic carbocycles. The molecule has 3 aromatic rings. The van der Waals surface area contributed by atoms with E-state index in [0.717, 1.165) is 17.0 Å². The van der Waals surface area contributed by atoms with E-state index in [2.05, 4.69) is 20.2 Å². The summed E-state index contributed by atoms with van der Waals surface area (Å²) >= 11 is 7.52. The van der Waals surface area contributed by atoms with Crippen molar-refractivity contribution in [2.75, 3.05) is 0 Å². The summed E-state index contributed by atoms with van der Waals surface area (Å²) in [5.74, 6) is 1.04. The third-order valence-corrected chi connectivity index (χ3v) is 3.87. The maximum Gasteiger partial charge on any atom is 0.277 e. The Morgan fingerprint density at radius 3 is 2.76 bits per heavy atom. The minimum absolute atomic E-state index is 0.415. The molecule has 0 amide bonds. The van der Waals surface area contributed by atoms with Gasteiger partial charge in [0.25, 0.3) is 5.22 Å². The molecular weight excluding hydrogens is 308 g/mol. The molecule has 106 valence electrons. The number of halogens is 1. The van der Waals surface area contributed by atoms with E-state index in [1.807, 2.05) is 25.1 Å². The fraction of sp³-hybridized carbons (Fsp3) is 0.143. The van der Waals surface area contributed by atoms with Crippen molar-refractivity contribution in [3.8, 4) is 11.5 Å². The number of hydrogen-bond acceptors (Lipinski definition) is 6. The zero-order chi connectivity index (χ0) is 14.7. The Balaban J connectivity index is 1.71. The SMILES string of the molecule is Cc1cnc(CSc2nnc(-c3ccccc3Cl)o2)cn1. The first-order valence-corrected chi connectivity index (χ1v) is 7.57. The molecule has 21 heavy (non-hydrogen) atoms. The van der Waals surface area contributed by atoms with Gasteiger partial charge in [-0.25, -0.2) is 0 Å². The van der Waals surface area contributed by atoms with Crippen molar-refractivity contribution in [3.63, 3.8) is 0 Å². The normalized spacial score (nSPS) is 10.8. The quantitative estimate of drug-likeness (QED) is 0.682. The Morgan fingerprint density at radius 1 is 1.14 bits per heavy atom. The summed E-state index contributed by atoms with van der Waals surface area (Å²) in [5, 5.41) is 9.09. The van der Waals surface area contributed by atoms with Crippen LogP contribution < -0.4 is 0 Å². The smallest absolute Gasteiger partial charge is 0.277 e. The van der Waals surface area contributed by atoms with Gasteiger partial charge in [-0.3, -0.25) is 9.97 Å². The Kier molecular flexibility index (Phi) is 4.17. The van der Waals surface area contributed by atoms with Crippen molar-refractivity contribution in [2.24, 2.45) is 0 Å². The van der Waals surface area contributed by atoms with Crippen LogP contribution in [-0.4, -0.2) is 20.2 Å². The first-order chi connectivity index (χ1) is 10.2. The van der Waals surface area contributed by atoms with Crippen molar-refractivity contribution in [1.82, 2.24) is 20.2 Å². The summed E-state index contributed by atoms with van der Waals surface area (Å²) in [6.07, 6.45) is 3.48. The molecule has 0 aliphatic carbocycles. The molecule has 0 spiro atoms. The average Bonchev–Trinajstić information content (AvgIpc) is 2.96. The van der Waals surface area contributed by atoms with Crippen LogP contribution in [0.1, 0.15) is 11.4 Å². The molecule has 0 unspecified atom stereocenters. The predicted molar refractivity (Wildman–Crippen MR) is 81.1 cm³/mol. The van der Waals surface area contributed by atoms with Crippen molar-refractivity contribution in [2.45, 2.75) is 17.9 Å². The van der Waals surface area contributed by atoms with Gasteiger partial charge in [0.1, 0.15) is 0 Å². The van der Waals surface area contributed by atoms with Crippen LogP contribution in [0.3, 0.4) is 0 Å². The molecule has 2 heterocycles. The highest BCUT2D eigenvalue weighted by Crippen LogP contribution is 2.29. The molecule has 0 bridgehead atoms. The molecule has 0 aliphatic rings. The minimum atomic E-state index is 0.415. The lowest BCUT2D eigenvalue weighted by atomic mass is 10.2. The van der Waals surface area contributed by atoms with Gasteiger partial charge < -0.3 is 4.42 Å². The molecule has 0 radical (unpaired) electrons. The van der Waals surface area contributed by atoms with E-state index in [1.54, 1.807) is 18.5 Å². The van der Waals surface area contributed by atoms with Gasteiger partial charge in [0, 0.05) is 18.1 Å². The summed E-state index contributed by atoms with van der Waals surface area (Å²) in [4.78, 5) is 8.47. The van der Waals surface area contributed by atoms with Gasteiger partial charge in [0.15, 0.2) is 0 Å². The van der Waals surface area contributed by atoms with Gasteiger partial charge >= 0.3 is 0 Å². The van der Waals surface area contributed by atoms with Gasteiger partial charge in [-0.1, -0.05) is 35.5 Å². The van der Waals surface area contributed by atoms with Crippen LogP contribution in [0.15, 0.2) is 46.3 Å². The van der Waals surface area contributed by atoms with Gasteiger partial charge in [-0.15, -0.1) is 10.2 Å². The standard InChI is InChI=1S/C14H11ClN4OS/c1-9-6-17-10(7-16-9)8-21-14-19-18-13(20-14)11-4-2-3-5-12(11)15/h2-7H,8H2,1H3. The van der Waals surface area contributed by atoms with Crippen molar-refractivity contribution >= 4 is 23.4 Å². The molecule has 7 heteroatoms. The molecule has 2 aromatic heterocycles. The summed E-state index contributed by atoms with van der Waals surface area (Å²) in [6.45, 7) is 1.90. The third kappa shape index (κ3) is 3.40. The van der Waals surface area contributed by atoms with E-state index in [1.165, 1.54) is 11.8 Å². The number of nitrogens with zero attached hydrogens (tertiary/aromatic N) is 4. The van der Waals surface area contributed by atoms with E-state index in [9.17, 15) is 0 Å². The maximum absolute atomic E-state index is 6.10. The first kappa shape index (κ1) is 14.0. The van der Waals surface area contributed by atoms with Crippen molar-refractivity contribution in [1.29, 1.82) is 0 Å². The molecule has 3 rings (SSSR count). The molecule has 0 N–H and O–H groups in total. The highest BCUT2D eigenvalue weighted by atomic mass is 35.5. The van der Waals surface area contributed by atoms with Crippen LogP contribution in [0, 0.1) is 6.92 Å². The lowest BCUT2D eigenvalue weighted by Crippen LogP contribution is -1.90. The maximum atomic E-state index is 6.10. The van der Waals surface area contributed by atoms with Crippen molar-refractivity contribution < 1.29 is 4.42 Å². The van der Waals surface area contributed by atoms with Crippen molar-refractivity contribution in [3.05, 3.63) is 53.1 Å². The van der Waals surface area contributed by atoms with E-state index >= 15 is 0 Å². The van der Waals surface area contributed by atoms with Gasteiger partial charge in [-0.2, -0.15) is 0 Å². The van der Waals surface area contributed by atoms with Crippen LogP contribution in [0.4, 0.5) is 0 Å². The fourth-order valence-corrected chi connectivity index (χ4v) is 2.51. The molecule has 5 nitrogen and oxygen atoms in total. The Labute approximate surface area is 130 Å². The summed E-state index contributed by atoms with van der Waals surface area (Å²) in [6, 6.07) is 7.36. The molecule has 0 aliphatic heterocycles. The largest absolute Gasteiger partial charge is 0.411 e. The molecular formula is C14H11ClN4OS. The number of rotatable bonds is 4. The molecule has 0 atom stereocenters. The third-order valence-electron chi connectivity index (χ3n) is 2.69. The minimum Gasteiger partial charge on any atom is -0.411 e. The Bertz CT molecular complexity index is 745. The summed E-state index contributed by atoms with van der Waals surface area (Å²) < 4.78 is 5.60. The summed E-state index contributed by atoms with van der Waals surface area (Å²) in [7, 11) is 0. The Hall–Kier alpha value is -1.92. The number of hydrogen-bond donors (Lipinski definition) is 0. The first-order valence-electron chi connectivity index (χ1n) is 6.21. The van der Waals surface area contributed by atoms with Gasteiger partial charge in [0.2, 0.25) is 5.89 Å². The topological polar surface area (TPSA) is 64.7 Å². The zero-order valence-electron chi connectivity index (χ0n) is 11.2. The molecule has 0 saturated heterocycles. The molecule has 0 fully saturated rings. The van der Waals surface area contributed by atoms with Crippen LogP contribution in [0.2, 0.25) is 5.02 Å². The molecule has 0 saturated carbocycles. The highest BCUT2D eigenvalue weighted by Gasteiger charge is 2.12.